The summed E-state index contributed by atoms with van der Waals surface area (Å²) < 4.78 is 5.24. The third kappa shape index (κ3) is 72.8. The second-order valence-electron chi connectivity index (χ2n) is 7.88. The van der Waals surface area contributed by atoms with Gasteiger partial charge in [-0.15, -0.1) is 0 Å². The van der Waals surface area contributed by atoms with Crippen LogP contribution in [0.4, 0.5) is 0 Å². The van der Waals surface area contributed by atoms with Crippen LogP contribution >= 0.6 is 0 Å². The second kappa shape index (κ2) is 26.8. The summed E-state index contributed by atoms with van der Waals surface area (Å²) in [7, 11) is 0. The van der Waals surface area contributed by atoms with Crippen LogP contribution in [0.2, 0.25) is 0 Å². The van der Waals surface area contributed by atoms with Gasteiger partial charge in [0.2, 0.25) is 0 Å². The van der Waals surface area contributed by atoms with Gasteiger partial charge in [0.15, 0.2) is 0 Å². The van der Waals surface area contributed by atoms with Gasteiger partial charge in [0.25, 0.3) is 0 Å². The molecule has 0 unspecified atom stereocenters. The summed E-state index contributed by atoms with van der Waals surface area (Å²) in [4.78, 5) is 0. The largest absolute Gasteiger partial charge is 0.381 e. The van der Waals surface area contributed by atoms with Crippen LogP contribution in [-0.4, -0.2) is 13.2 Å². The van der Waals surface area contributed by atoms with Crippen molar-refractivity contribution in [2.45, 2.75) is 109 Å². The van der Waals surface area contributed by atoms with Crippen molar-refractivity contribution < 1.29 is 4.74 Å². The molecular weight excluding hydrogens is 280 g/mol. The Kier molecular flexibility index (Phi) is 35.9. The molecule has 0 spiro atoms. The molecule has 0 bridgehead atoms. The van der Waals surface area contributed by atoms with Crippen molar-refractivity contribution in [1.29, 1.82) is 0 Å². The summed E-state index contributed by atoms with van der Waals surface area (Å²) in [5.74, 6) is 3.33. The molecule has 0 aromatic heterocycles. The van der Waals surface area contributed by atoms with E-state index in [1.807, 2.05) is 0 Å². The average Bonchev–Trinajstić information content (AvgIpc) is 2.48. The molecule has 146 valence electrons. The van der Waals surface area contributed by atoms with Crippen molar-refractivity contribution in [2.24, 2.45) is 23.7 Å². The summed E-state index contributed by atoms with van der Waals surface area (Å²) in [6, 6.07) is 0. The first-order chi connectivity index (χ1) is 10.6. The molecule has 0 heterocycles. The zero-order chi connectivity index (χ0) is 19.3. The number of hydrogen-bond donors (Lipinski definition) is 0. The minimum absolute atomic E-state index is 0.682. The molecule has 0 radical (unpaired) electrons. The van der Waals surface area contributed by atoms with E-state index in [0.717, 1.165) is 37.4 Å². The predicted molar refractivity (Wildman–Crippen MR) is 111 cm³/mol. The van der Waals surface area contributed by atoms with Crippen LogP contribution in [0.5, 0.6) is 0 Å². The lowest BCUT2D eigenvalue weighted by Crippen LogP contribution is -2.01. The third-order valence-electron chi connectivity index (χ3n) is 3.25. The van der Waals surface area contributed by atoms with Crippen LogP contribution in [0.25, 0.3) is 0 Å². The minimum Gasteiger partial charge on any atom is -0.381 e. The number of rotatable bonds is 7. The molecule has 0 aliphatic heterocycles. The zero-order valence-electron chi connectivity index (χ0n) is 19.0. The molecule has 0 atom stereocenters. The van der Waals surface area contributed by atoms with Gasteiger partial charge in [0.1, 0.15) is 0 Å². The van der Waals surface area contributed by atoms with Crippen LogP contribution in [0.3, 0.4) is 0 Å². The summed E-state index contributed by atoms with van der Waals surface area (Å²) >= 11 is 0. The van der Waals surface area contributed by atoms with Crippen molar-refractivity contribution in [3.05, 3.63) is 0 Å². The summed E-state index contributed by atoms with van der Waals surface area (Å²) in [5, 5.41) is 0. The zero-order valence-corrected chi connectivity index (χ0v) is 19.0. The molecule has 0 aliphatic rings. The highest BCUT2D eigenvalue weighted by atomic mass is 16.5. The van der Waals surface area contributed by atoms with Crippen molar-refractivity contribution in [3.8, 4) is 0 Å². The summed E-state index contributed by atoms with van der Waals surface area (Å²) in [5.41, 5.74) is 0. The highest BCUT2D eigenvalue weighted by Crippen LogP contribution is 1.95. The maximum Gasteiger partial charge on any atom is 0.0488 e. The molecule has 0 fully saturated rings. The van der Waals surface area contributed by atoms with Gasteiger partial charge in [-0.3, -0.25) is 0 Å². The van der Waals surface area contributed by atoms with E-state index >= 15 is 0 Å². The lowest BCUT2D eigenvalue weighted by molar-refractivity contribution is 0.110. The molecule has 23 heavy (non-hydrogen) atoms. The molecule has 0 amide bonds. The van der Waals surface area contributed by atoms with Crippen molar-refractivity contribution in [3.63, 3.8) is 0 Å². The molecule has 0 aromatic rings. The Hall–Kier alpha value is -0.0400. The van der Waals surface area contributed by atoms with Gasteiger partial charge < -0.3 is 4.74 Å². The van der Waals surface area contributed by atoms with E-state index in [0.29, 0.717) is 5.92 Å². The van der Waals surface area contributed by atoms with Gasteiger partial charge in [0.05, 0.1) is 0 Å². The SMILES string of the molecule is CCC(C)C.CCC(C)C.CCC(C)C.CCCOCC(C)C. The highest BCUT2D eigenvalue weighted by Gasteiger charge is 1.90. The van der Waals surface area contributed by atoms with E-state index in [1.54, 1.807) is 0 Å². The first kappa shape index (κ1) is 30.8. The van der Waals surface area contributed by atoms with E-state index in [4.69, 9.17) is 4.74 Å². The molecule has 0 N–H and O–H groups in total. The Morgan fingerprint density at radius 3 is 0.913 bits per heavy atom. The fourth-order valence-corrected chi connectivity index (χ4v) is 0.463. The normalized spacial score (nSPS) is 9.91. The molecule has 1 heteroatoms. The second-order valence-corrected chi connectivity index (χ2v) is 7.88. The van der Waals surface area contributed by atoms with Crippen LogP contribution < -0.4 is 0 Å². The van der Waals surface area contributed by atoms with Gasteiger partial charge in [-0.25, -0.2) is 0 Å². The maximum absolute atomic E-state index is 5.24. The monoisotopic (exact) mass is 332 g/mol. The quantitative estimate of drug-likeness (QED) is 0.426. The predicted octanol–water partition coefficient (Wildman–Crippen LogP) is 8.23. The van der Waals surface area contributed by atoms with Crippen molar-refractivity contribution >= 4 is 0 Å². The fourth-order valence-electron chi connectivity index (χ4n) is 0.463. The van der Waals surface area contributed by atoms with E-state index < -0.39 is 0 Å². The van der Waals surface area contributed by atoms with Gasteiger partial charge >= 0.3 is 0 Å². The number of ether oxygens (including phenoxy) is 1. The van der Waals surface area contributed by atoms with E-state index in [2.05, 4.69) is 83.1 Å². The van der Waals surface area contributed by atoms with Crippen LogP contribution in [0, 0.1) is 23.7 Å². The summed E-state index contributed by atoms with van der Waals surface area (Å²) in [6.07, 6.45) is 5.05. The molecule has 0 rings (SSSR count). The lowest BCUT2D eigenvalue weighted by atomic mass is 10.2. The first-order valence-corrected chi connectivity index (χ1v) is 10.2. The first-order valence-electron chi connectivity index (χ1n) is 10.2. The van der Waals surface area contributed by atoms with Crippen LogP contribution in [0.15, 0.2) is 0 Å². The van der Waals surface area contributed by atoms with Gasteiger partial charge in [-0.2, -0.15) is 0 Å². The van der Waals surface area contributed by atoms with Crippen LogP contribution in [-0.2, 0) is 4.74 Å². The van der Waals surface area contributed by atoms with E-state index in [-0.39, 0.29) is 0 Å². The minimum atomic E-state index is 0.682. The number of hydrogen-bond acceptors (Lipinski definition) is 1. The Morgan fingerprint density at radius 1 is 0.522 bits per heavy atom. The topological polar surface area (TPSA) is 9.23 Å². The van der Waals surface area contributed by atoms with Gasteiger partial charge in [-0.05, 0) is 30.1 Å². The molecule has 0 aromatic carbocycles. The van der Waals surface area contributed by atoms with Crippen molar-refractivity contribution in [2.75, 3.05) is 13.2 Å². The fraction of sp³-hybridized carbons (Fsp3) is 1.00. The molecule has 0 saturated carbocycles. The average molecular weight is 333 g/mol. The van der Waals surface area contributed by atoms with Gasteiger partial charge in [-0.1, -0.05) is 102 Å². The Bertz CT molecular complexity index is 140. The molecule has 0 aliphatic carbocycles. The maximum atomic E-state index is 5.24. The van der Waals surface area contributed by atoms with E-state index in [1.165, 1.54) is 19.3 Å². The third-order valence-corrected chi connectivity index (χ3v) is 3.25. The Balaban J connectivity index is -0.000000108. The Labute approximate surface area is 151 Å². The summed E-state index contributed by atoms with van der Waals surface area (Å²) in [6.45, 7) is 28.2. The van der Waals surface area contributed by atoms with Crippen molar-refractivity contribution in [1.82, 2.24) is 0 Å². The molecular formula is C22H52O. The lowest BCUT2D eigenvalue weighted by Gasteiger charge is -2.03. The molecule has 1 nitrogen and oxygen atoms in total. The van der Waals surface area contributed by atoms with Gasteiger partial charge in [0, 0.05) is 13.2 Å². The molecule has 0 saturated heterocycles. The highest BCUT2D eigenvalue weighted by molar-refractivity contribution is 4.38. The van der Waals surface area contributed by atoms with Crippen LogP contribution in [0.1, 0.15) is 109 Å². The smallest absolute Gasteiger partial charge is 0.0488 e. The standard InChI is InChI=1S/C7H16O.3C5H12/c1-4-5-8-6-7(2)3;3*1-4-5(2)3/h7H,4-6H2,1-3H3;3*5H,4H2,1-3H3. The Morgan fingerprint density at radius 2 is 0.783 bits per heavy atom. The van der Waals surface area contributed by atoms with E-state index in [9.17, 15) is 0 Å².